The Hall–Kier alpha value is -0.410. The third kappa shape index (κ3) is 1.36. The Kier molecular flexibility index (Phi) is 2.40. The van der Waals surface area contributed by atoms with Crippen molar-refractivity contribution in [3.05, 3.63) is 0 Å². The van der Waals surface area contributed by atoms with Gasteiger partial charge in [-0.15, -0.1) is 0 Å². The van der Waals surface area contributed by atoms with Gasteiger partial charge in [0.1, 0.15) is 0 Å². The lowest BCUT2D eigenvalue weighted by Crippen LogP contribution is -2.27. The Morgan fingerprint density at radius 3 is 2.90 bits per heavy atom. The van der Waals surface area contributed by atoms with E-state index >= 15 is 0 Å². The molecule has 2 N–H and O–H groups in total. The van der Waals surface area contributed by atoms with Crippen molar-refractivity contribution in [1.82, 2.24) is 0 Å². The molecule has 2 unspecified atom stereocenters. The number of nitrogens with two attached hydrogens (primary N) is 1. The van der Waals surface area contributed by atoms with Crippen molar-refractivity contribution in [2.75, 3.05) is 13.2 Å². The van der Waals surface area contributed by atoms with Gasteiger partial charge in [-0.2, -0.15) is 0 Å². The summed E-state index contributed by atoms with van der Waals surface area (Å²) in [6.45, 7) is 2.78. The van der Waals surface area contributed by atoms with Gasteiger partial charge in [0.25, 0.3) is 0 Å². The fourth-order valence-corrected chi connectivity index (χ4v) is 1.31. The second-order valence-corrected chi connectivity index (χ2v) is 2.64. The minimum Gasteiger partial charge on any atom is -0.378 e. The monoisotopic (exact) mass is 143 g/mol. The minimum atomic E-state index is 0.0602. The second-order valence-electron chi connectivity index (χ2n) is 2.64. The number of ether oxygens (including phenoxy) is 1. The van der Waals surface area contributed by atoms with Crippen LogP contribution in [0.4, 0.5) is 0 Å². The van der Waals surface area contributed by atoms with Crippen molar-refractivity contribution in [2.45, 2.75) is 19.4 Å². The van der Waals surface area contributed by atoms with E-state index in [0.717, 1.165) is 6.42 Å². The summed E-state index contributed by atoms with van der Waals surface area (Å²) in [6, 6.07) is 0. The fraction of sp³-hybridized carbons (Fsp3) is 0.857. The Bertz CT molecular complexity index is 136. The van der Waals surface area contributed by atoms with Gasteiger partial charge in [-0.1, -0.05) is 0 Å². The molecule has 0 radical (unpaired) electrons. The van der Waals surface area contributed by atoms with Crippen molar-refractivity contribution in [3.8, 4) is 0 Å². The zero-order valence-electron chi connectivity index (χ0n) is 6.17. The van der Waals surface area contributed by atoms with Crippen molar-refractivity contribution in [1.29, 1.82) is 0 Å². The molecule has 1 aliphatic rings. The molecule has 1 rings (SSSR count). The maximum absolute atomic E-state index is 11.0. The van der Waals surface area contributed by atoms with Crippen LogP contribution in [0, 0.1) is 5.92 Å². The van der Waals surface area contributed by atoms with Crippen molar-refractivity contribution in [3.63, 3.8) is 0 Å². The summed E-state index contributed by atoms with van der Waals surface area (Å²) in [4.78, 5) is 11.0. The molecular weight excluding hydrogens is 130 g/mol. The maximum atomic E-state index is 11.0. The van der Waals surface area contributed by atoms with Gasteiger partial charge < -0.3 is 10.5 Å². The highest BCUT2D eigenvalue weighted by molar-refractivity contribution is 5.83. The molecule has 10 heavy (non-hydrogen) atoms. The van der Waals surface area contributed by atoms with Gasteiger partial charge in [-0.3, -0.25) is 4.79 Å². The predicted octanol–water partition coefficient (Wildman–Crippen LogP) is -0.0608. The van der Waals surface area contributed by atoms with E-state index in [1.165, 1.54) is 0 Å². The van der Waals surface area contributed by atoms with Crippen molar-refractivity contribution >= 4 is 5.78 Å². The van der Waals surface area contributed by atoms with E-state index in [1.54, 1.807) is 0 Å². The first kappa shape index (κ1) is 7.69. The molecule has 0 saturated carbocycles. The molecule has 3 heteroatoms. The molecule has 3 nitrogen and oxygen atoms in total. The van der Waals surface area contributed by atoms with Crippen molar-refractivity contribution < 1.29 is 9.53 Å². The highest BCUT2D eigenvalue weighted by Crippen LogP contribution is 2.20. The first-order chi connectivity index (χ1) is 4.75. The van der Waals surface area contributed by atoms with E-state index in [2.05, 4.69) is 0 Å². The lowest BCUT2D eigenvalue weighted by molar-refractivity contribution is -0.122. The molecule has 2 atom stereocenters. The number of carbonyl (C=O) groups excluding carboxylic acids is 1. The van der Waals surface area contributed by atoms with Gasteiger partial charge >= 0.3 is 0 Å². The Morgan fingerprint density at radius 2 is 2.50 bits per heavy atom. The van der Waals surface area contributed by atoms with Gasteiger partial charge in [0.2, 0.25) is 0 Å². The molecule has 1 aliphatic heterocycles. The smallest absolute Gasteiger partial charge is 0.152 e. The van der Waals surface area contributed by atoms with Crippen molar-refractivity contribution in [2.24, 2.45) is 11.7 Å². The van der Waals surface area contributed by atoms with Crippen LogP contribution in [0.5, 0.6) is 0 Å². The first-order valence-corrected chi connectivity index (χ1v) is 3.60. The average Bonchev–Trinajstić information content (AvgIpc) is 2.34. The predicted molar refractivity (Wildman–Crippen MR) is 37.6 cm³/mol. The SMILES string of the molecule is CC1OCCC1C(=O)CN. The molecule has 0 amide bonds. The summed E-state index contributed by atoms with van der Waals surface area (Å²) in [6.07, 6.45) is 0.924. The summed E-state index contributed by atoms with van der Waals surface area (Å²) >= 11 is 0. The van der Waals surface area contributed by atoms with Crippen LogP contribution in [0.3, 0.4) is 0 Å². The molecule has 0 aromatic carbocycles. The molecule has 0 bridgehead atoms. The molecule has 58 valence electrons. The molecule has 1 fully saturated rings. The number of carbonyl (C=O) groups is 1. The molecule has 0 spiro atoms. The van der Waals surface area contributed by atoms with E-state index < -0.39 is 0 Å². The Balaban J connectivity index is 2.46. The van der Waals surface area contributed by atoms with Crippen LogP contribution in [0.25, 0.3) is 0 Å². The highest BCUT2D eigenvalue weighted by atomic mass is 16.5. The number of Topliss-reactive ketones (excluding diaryl/α,β-unsaturated/α-hetero) is 1. The summed E-state index contributed by atoms with van der Waals surface area (Å²) in [5.74, 6) is 0.190. The average molecular weight is 143 g/mol. The van der Waals surface area contributed by atoms with Crippen LogP contribution >= 0.6 is 0 Å². The topological polar surface area (TPSA) is 52.3 Å². The van der Waals surface area contributed by atoms with Gasteiger partial charge in [0.05, 0.1) is 12.6 Å². The van der Waals surface area contributed by atoms with Crippen LogP contribution in [0.15, 0.2) is 0 Å². The summed E-state index contributed by atoms with van der Waals surface area (Å²) in [7, 11) is 0. The van der Waals surface area contributed by atoms with Crippen LogP contribution in [-0.4, -0.2) is 25.0 Å². The fourth-order valence-electron chi connectivity index (χ4n) is 1.31. The second kappa shape index (κ2) is 3.12. The summed E-state index contributed by atoms with van der Waals surface area (Å²) in [5.41, 5.74) is 5.21. The lowest BCUT2D eigenvalue weighted by atomic mass is 9.98. The quantitative estimate of drug-likeness (QED) is 0.589. The molecular formula is C7H13NO2. The zero-order chi connectivity index (χ0) is 7.56. The van der Waals surface area contributed by atoms with Gasteiger partial charge in [0, 0.05) is 12.5 Å². The lowest BCUT2D eigenvalue weighted by Gasteiger charge is -2.10. The number of ketones is 1. The zero-order valence-corrected chi connectivity index (χ0v) is 6.17. The van der Waals surface area contributed by atoms with E-state index in [0.29, 0.717) is 6.61 Å². The Labute approximate surface area is 60.5 Å². The molecule has 0 aliphatic carbocycles. The maximum Gasteiger partial charge on any atom is 0.152 e. The van der Waals surface area contributed by atoms with E-state index in [9.17, 15) is 4.79 Å². The first-order valence-electron chi connectivity index (χ1n) is 3.60. The molecule has 1 saturated heterocycles. The van der Waals surface area contributed by atoms with Crippen LogP contribution in [0.2, 0.25) is 0 Å². The highest BCUT2D eigenvalue weighted by Gasteiger charge is 2.29. The Morgan fingerprint density at radius 1 is 1.80 bits per heavy atom. The van der Waals surface area contributed by atoms with Crippen LogP contribution in [0.1, 0.15) is 13.3 Å². The third-order valence-electron chi connectivity index (χ3n) is 1.99. The molecule has 1 heterocycles. The number of hydrogen-bond donors (Lipinski definition) is 1. The number of hydrogen-bond acceptors (Lipinski definition) is 3. The van der Waals surface area contributed by atoms with Crippen LogP contribution in [-0.2, 0) is 9.53 Å². The molecule has 0 aromatic rings. The van der Waals surface area contributed by atoms with Gasteiger partial charge in [0.15, 0.2) is 5.78 Å². The largest absolute Gasteiger partial charge is 0.378 e. The third-order valence-corrected chi connectivity index (χ3v) is 1.99. The van der Waals surface area contributed by atoms with Crippen LogP contribution < -0.4 is 5.73 Å². The summed E-state index contributed by atoms with van der Waals surface area (Å²) < 4.78 is 5.21. The summed E-state index contributed by atoms with van der Waals surface area (Å²) in [5, 5.41) is 0. The standard InChI is InChI=1S/C7H13NO2/c1-5-6(2-3-10-5)7(9)4-8/h5-6H,2-4,8H2,1H3. The molecule has 0 aromatic heterocycles. The number of rotatable bonds is 2. The van der Waals surface area contributed by atoms with E-state index in [4.69, 9.17) is 10.5 Å². The van der Waals surface area contributed by atoms with E-state index in [1.807, 2.05) is 6.92 Å². The van der Waals surface area contributed by atoms with Gasteiger partial charge in [-0.05, 0) is 13.3 Å². The normalized spacial score (nSPS) is 32.6. The minimum absolute atomic E-state index is 0.0602. The van der Waals surface area contributed by atoms with Gasteiger partial charge in [-0.25, -0.2) is 0 Å². The van der Waals surface area contributed by atoms with E-state index in [-0.39, 0.29) is 24.3 Å².